The number of nitrogens with one attached hydrogen (secondary N) is 1. The summed E-state index contributed by atoms with van der Waals surface area (Å²) >= 11 is 1.59. The minimum atomic E-state index is -0.640. The second kappa shape index (κ2) is 5.95. The van der Waals surface area contributed by atoms with Crippen molar-refractivity contribution in [3.05, 3.63) is 34.0 Å². The molecule has 7 nitrogen and oxygen atoms in total. The van der Waals surface area contributed by atoms with Crippen LogP contribution in [0.25, 0.3) is 0 Å². The Morgan fingerprint density at radius 3 is 3.04 bits per heavy atom. The molecule has 0 spiro atoms. The number of aliphatic hydroxyl groups is 1. The highest BCUT2D eigenvalue weighted by Crippen LogP contribution is 2.36. The van der Waals surface area contributed by atoms with E-state index in [1.165, 1.54) is 0 Å². The predicted octanol–water partition coefficient (Wildman–Crippen LogP) is 0.772. The van der Waals surface area contributed by atoms with Gasteiger partial charge < -0.3 is 19.9 Å². The van der Waals surface area contributed by atoms with Gasteiger partial charge in [-0.05, 0) is 19.9 Å². The zero-order valence-electron chi connectivity index (χ0n) is 13.0. The molecule has 2 aliphatic rings. The minimum Gasteiger partial charge on any atom is -0.389 e. The number of aryl methyl sites for hydroxylation is 2. The van der Waals surface area contributed by atoms with Gasteiger partial charge in [-0.2, -0.15) is 5.10 Å². The normalized spacial score (nSPS) is 33.3. The third-order valence-electron chi connectivity index (χ3n) is 4.43. The lowest BCUT2D eigenvalue weighted by atomic mass is 9.96. The van der Waals surface area contributed by atoms with Gasteiger partial charge in [0.15, 0.2) is 6.29 Å². The largest absolute Gasteiger partial charge is 0.389 e. The van der Waals surface area contributed by atoms with Gasteiger partial charge in [0.2, 0.25) is 0 Å². The van der Waals surface area contributed by atoms with Crippen molar-refractivity contribution in [1.82, 2.24) is 20.1 Å². The number of rotatable bonds is 4. The first-order valence-corrected chi connectivity index (χ1v) is 8.61. The smallest absolute Gasteiger partial charge is 0.183 e. The fourth-order valence-electron chi connectivity index (χ4n) is 3.41. The third-order valence-corrected chi connectivity index (χ3v) is 5.21. The van der Waals surface area contributed by atoms with Crippen molar-refractivity contribution in [3.63, 3.8) is 0 Å². The van der Waals surface area contributed by atoms with Crippen LogP contribution in [0.4, 0.5) is 0 Å². The Labute approximate surface area is 138 Å². The van der Waals surface area contributed by atoms with Crippen molar-refractivity contribution >= 4 is 11.3 Å². The lowest BCUT2D eigenvalue weighted by Gasteiger charge is -2.39. The highest BCUT2D eigenvalue weighted by atomic mass is 32.1. The number of aromatic nitrogens is 3. The second-order valence-electron chi connectivity index (χ2n) is 6.06. The number of fused-ring (bicyclic) bond motifs is 2. The topological polar surface area (TPSA) is 81.4 Å². The number of thiazole rings is 1. The van der Waals surface area contributed by atoms with Gasteiger partial charge >= 0.3 is 0 Å². The quantitative estimate of drug-likeness (QED) is 0.858. The van der Waals surface area contributed by atoms with Crippen LogP contribution in [0.2, 0.25) is 0 Å². The van der Waals surface area contributed by atoms with E-state index in [1.54, 1.807) is 17.5 Å². The van der Waals surface area contributed by atoms with Crippen LogP contribution in [-0.4, -0.2) is 51.0 Å². The molecule has 5 unspecified atom stereocenters. The van der Waals surface area contributed by atoms with Gasteiger partial charge in [0.25, 0.3) is 0 Å². The minimum absolute atomic E-state index is 0.150. The number of hydrogen-bond acceptors (Lipinski definition) is 7. The molecule has 2 aliphatic heterocycles. The standard InChI is InChI=1S/C15H20N4O3S/c1-8-5-9(2)19(18-8)13-14(20)12(10-7-21-15(13)22-10)17-6-11-16-3-4-23-11/h3-5,10,12-15,17,20H,6-7H2,1-2H3. The highest BCUT2D eigenvalue weighted by Gasteiger charge is 2.51. The first-order valence-electron chi connectivity index (χ1n) is 7.73. The molecule has 124 valence electrons. The van der Waals surface area contributed by atoms with E-state index >= 15 is 0 Å². The summed E-state index contributed by atoms with van der Waals surface area (Å²) < 4.78 is 13.5. The van der Waals surface area contributed by atoms with Crippen LogP contribution < -0.4 is 5.32 Å². The molecule has 0 aliphatic carbocycles. The number of ether oxygens (including phenoxy) is 2. The van der Waals surface area contributed by atoms with Crippen LogP contribution in [0.5, 0.6) is 0 Å². The molecule has 0 amide bonds. The zero-order valence-corrected chi connectivity index (χ0v) is 13.9. The Kier molecular flexibility index (Phi) is 3.94. The van der Waals surface area contributed by atoms with Gasteiger partial charge in [0.1, 0.15) is 17.2 Å². The first-order chi connectivity index (χ1) is 11.1. The Balaban J connectivity index is 1.57. The SMILES string of the molecule is Cc1cc(C)n(C2C3OCC(O3)C(NCc3nccs3)C2O)n1. The molecule has 5 atom stereocenters. The molecule has 0 aromatic carbocycles. The van der Waals surface area contributed by atoms with E-state index in [0.717, 1.165) is 16.4 Å². The Hall–Kier alpha value is -1.32. The summed E-state index contributed by atoms with van der Waals surface area (Å²) in [6.45, 7) is 5.00. The molecule has 2 bridgehead atoms. The predicted molar refractivity (Wildman–Crippen MR) is 84.1 cm³/mol. The van der Waals surface area contributed by atoms with Crippen molar-refractivity contribution in [2.45, 2.75) is 51.0 Å². The maximum atomic E-state index is 10.9. The molecule has 2 aromatic rings. The average Bonchev–Trinajstić information content (AvgIpc) is 3.22. The zero-order chi connectivity index (χ0) is 16.0. The Bertz CT molecular complexity index is 674. The van der Waals surface area contributed by atoms with E-state index in [1.807, 2.05) is 30.0 Å². The summed E-state index contributed by atoms with van der Waals surface area (Å²) in [5.41, 5.74) is 1.91. The van der Waals surface area contributed by atoms with Crippen LogP contribution in [-0.2, 0) is 16.0 Å². The van der Waals surface area contributed by atoms with Crippen molar-refractivity contribution in [1.29, 1.82) is 0 Å². The molecule has 0 radical (unpaired) electrons. The van der Waals surface area contributed by atoms with E-state index < -0.39 is 12.4 Å². The van der Waals surface area contributed by atoms with E-state index in [-0.39, 0.29) is 18.2 Å². The molecular weight excluding hydrogens is 316 g/mol. The number of hydrogen-bond donors (Lipinski definition) is 2. The number of aliphatic hydroxyl groups excluding tert-OH is 1. The van der Waals surface area contributed by atoms with Gasteiger partial charge in [-0.3, -0.25) is 4.68 Å². The maximum Gasteiger partial charge on any atom is 0.183 e. The van der Waals surface area contributed by atoms with E-state index in [4.69, 9.17) is 9.47 Å². The number of nitrogens with zero attached hydrogens (tertiary/aromatic N) is 3. The van der Waals surface area contributed by atoms with Gasteiger partial charge in [-0.15, -0.1) is 11.3 Å². The molecule has 2 fully saturated rings. The van der Waals surface area contributed by atoms with E-state index in [0.29, 0.717) is 13.2 Å². The van der Waals surface area contributed by atoms with E-state index in [2.05, 4.69) is 15.4 Å². The second-order valence-corrected chi connectivity index (χ2v) is 7.04. The van der Waals surface area contributed by atoms with Crippen molar-refractivity contribution in [3.8, 4) is 0 Å². The molecule has 0 saturated carbocycles. The van der Waals surface area contributed by atoms with E-state index in [9.17, 15) is 5.11 Å². The lowest BCUT2D eigenvalue weighted by Crippen LogP contribution is -2.57. The molecule has 4 heterocycles. The summed E-state index contributed by atoms with van der Waals surface area (Å²) in [6, 6.07) is 1.42. The Morgan fingerprint density at radius 1 is 1.48 bits per heavy atom. The first kappa shape index (κ1) is 15.2. The summed E-state index contributed by atoms with van der Waals surface area (Å²) in [7, 11) is 0. The monoisotopic (exact) mass is 336 g/mol. The Morgan fingerprint density at radius 2 is 2.35 bits per heavy atom. The molecule has 8 heteroatoms. The average molecular weight is 336 g/mol. The summed E-state index contributed by atoms with van der Waals surface area (Å²) in [6.07, 6.45) is 0.538. The molecule has 23 heavy (non-hydrogen) atoms. The van der Waals surface area contributed by atoms with Crippen LogP contribution in [0, 0.1) is 13.8 Å². The molecule has 2 saturated heterocycles. The van der Waals surface area contributed by atoms with Crippen LogP contribution in [0.15, 0.2) is 17.6 Å². The lowest BCUT2D eigenvalue weighted by molar-refractivity contribution is -0.168. The van der Waals surface area contributed by atoms with Crippen molar-refractivity contribution < 1.29 is 14.6 Å². The van der Waals surface area contributed by atoms with Gasteiger partial charge in [-0.1, -0.05) is 0 Å². The van der Waals surface area contributed by atoms with Crippen LogP contribution in [0.3, 0.4) is 0 Å². The molecule has 2 N–H and O–H groups in total. The molecule has 2 aromatic heterocycles. The van der Waals surface area contributed by atoms with Crippen molar-refractivity contribution in [2.75, 3.05) is 6.61 Å². The van der Waals surface area contributed by atoms with Gasteiger partial charge in [0.05, 0.1) is 24.4 Å². The van der Waals surface area contributed by atoms with Crippen LogP contribution in [0.1, 0.15) is 22.4 Å². The summed E-state index contributed by atoms with van der Waals surface area (Å²) in [5.74, 6) is 0. The fraction of sp³-hybridized carbons (Fsp3) is 0.600. The molecule has 4 rings (SSSR count). The summed E-state index contributed by atoms with van der Waals surface area (Å²) in [5, 5.41) is 21.7. The highest BCUT2D eigenvalue weighted by molar-refractivity contribution is 7.09. The fourth-order valence-corrected chi connectivity index (χ4v) is 3.97. The maximum absolute atomic E-state index is 10.9. The summed E-state index contributed by atoms with van der Waals surface area (Å²) in [4.78, 5) is 4.27. The van der Waals surface area contributed by atoms with Crippen LogP contribution >= 0.6 is 11.3 Å². The molecular formula is C15H20N4O3S. The van der Waals surface area contributed by atoms with Gasteiger partial charge in [0, 0.05) is 23.8 Å². The van der Waals surface area contributed by atoms with Gasteiger partial charge in [-0.25, -0.2) is 4.98 Å². The third kappa shape index (κ3) is 2.70. The van der Waals surface area contributed by atoms with Crippen molar-refractivity contribution in [2.24, 2.45) is 0 Å².